The monoisotopic (exact) mass is 492 g/mol. The SMILES string of the molecule is Cc1c(C(=O)Oc2ccc3c(c2)OC(N)=C(C#N)C3c2c(F)cccc2Cl)oc2ccc(F)cc12. The van der Waals surface area contributed by atoms with E-state index in [-0.39, 0.29) is 39.3 Å². The number of nitrogens with two attached hydrogens (primary N) is 1. The molecule has 6 nitrogen and oxygen atoms in total. The summed E-state index contributed by atoms with van der Waals surface area (Å²) < 4.78 is 44.9. The number of nitriles is 1. The number of furan rings is 1. The summed E-state index contributed by atoms with van der Waals surface area (Å²) in [6.45, 7) is 1.62. The number of benzene rings is 3. The average Bonchev–Trinajstić information content (AvgIpc) is 3.14. The molecule has 35 heavy (non-hydrogen) atoms. The van der Waals surface area contributed by atoms with Crippen LogP contribution in [0.3, 0.4) is 0 Å². The van der Waals surface area contributed by atoms with Crippen molar-refractivity contribution in [2.75, 3.05) is 0 Å². The maximum atomic E-state index is 14.8. The number of ether oxygens (including phenoxy) is 2. The molecule has 0 radical (unpaired) electrons. The minimum atomic E-state index is -0.922. The van der Waals surface area contributed by atoms with Gasteiger partial charge < -0.3 is 19.6 Å². The number of nitrogens with zero attached hydrogens (tertiary/aromatic N) is 1. The Labute approximate surface area is 202 Å². The Morgan fingerprint density at radius 1 is 1.17 bits per heavy atom. The number of esters is 1. The quantitative estimate of drug-likeness (QED) is 0.273. The third kappa shape index (κ3) is 3.76. The number of aryl methyl sites for hydroxylation is 1. The highest BCUT2D eigenvalue weighted by Gasteiger charge is 2.34. The Kier molecular flexibility index (Phi) is 5.42. The van der Waals surface area contributed by atoms with Crippen molar-refractivity contribution in [2.45, 2.75) is 12.8 Å². The van der Waals surface area contributed by atoms with Crippen LogP contribution in [0.1, 0.15) is 33.2 Å². The molecule has 4 aromatic rings. The lowest BCUT2D eigenvalue weighted by Gasteiger charge is -2.27. The minimum Gasteiger partial charge on any atom is -0.449 e. The molecule has 0 saturated heterocycles. The van der Waals surface area contributed by atoms with Gasteiger partial charge in [-0.3, -0.25) is 0 Å². The van der Waals surface area contributed by atoms with Crippen LogP contribution in [0.25, 0.3) is 11.0 Å². The average molecular weight is 493 g/mol. The summed E-state index contributed by atoms with van der Waals surface area (Å²) in [4.78, 5) is 12.8. The fourth-order valence-corrected chi connectivity index (χ4v) is 4.40. The molecule has 9 heteroatoms. The van der Waals surface area contributed by atoms with Crippen molar-refractivity contribution in [3.05, 3.63) is 105 Å². The number of hydrogen-bond donors (Lipinski definition) is 1. The second kappa shape index (κ2) is 8.46. The molecule has 1 atom stereocenters. The van der Waals surface area contributed by atoms with Crippen molar-refractivity contribution in [3.8, 4) is 17.6 Å². The van der Waals surface area contributed by atoms with Crippen molar-refractivity contribution < 1.29 is 27.5 Å². The highest BCUT2D eigenvalue weighted by molar-refractivity contribution is 6.31. The van der Waals surface area contributed by atoms with Gasteiger partial charge in [-0.2, -0.15) is 5.26 Å². The predicted molar refractivity (Wildman–Crippen MR) is 123 cm³/mol. The molecule has 0 fully saturated rings. The molecule has 1 aliphatic rings. The van der Waals surface area contributed by atoms with Crippen LogP contribution in [-0.2, 0) is 0 Å². The highest BCUT2D eigenvalue weighted by atomic mass is 35.5. The molecule has 3 aromatic carbocycles. The molecule has 0 aliphatic carbocycles. The Hall–Kier alpha value is -4.35. The second-order valence-corrected chi connectivity index (χ2v) is 8.25. The topological polar surface area (TPSA) is 98.5 Å². The van der Waals surface area contributed by atoms with Crippen molar-refractivity contribution in [1.82, 2.24) is 0 Å². The first-order valence-corrected chi connectivity index (χ1v) is 10.7. The molecule has 5 rings (SSSR count). The molecule has 1 aliphatic heterocycles. The fourth-order valence-electron chi connectivity index (χ4n) is 4.12. The first kappa shape index (κ1) is 22.4. The van der Waals surface area contributed by atoms with Gasteiger partial charge in [0.15, 0.2) is 0 Å². The highest BCUT2D eigenvalue weighted by Crippen LogP contribution is 2.46. The summed E-state index contributed by atoms with van der Waals surface area (Å²) in [6, 6.07) is 14.5. The maximum Gasteiger partial charge on any atom is 0.379 e. The van der Waals surface area contributed by atoms with E-state index in [9.17, 15) is 18.8 Å². The summed E-state index contributed by atoms with van der Waals surface area (Å²) in [6.07, 6.45) is 0. The van der Waals surface area contributed by atoms with Crippen molar-refractivity contribution in [2.24, 2.45) is 5.73 Å². The molecule has 174 valence electrons. The molecule has 0 bridgehead atoms. The van der Waals surface area contributed by atoms with E-state index < -0.39 is 23.5 Å². The minimum absolute atomic E-state index is 0.000576. The van der Waals surface area contributed by atoms with E-state index in [2.05, 4.69) is 0 Å². The van der Waals surface area contributed by atoms with E-state index in [0.717, 1.165) is 0 Å². The Morgan fingerprint density at radius 3 is 2.71 bits per heavy atom. The predicted octanol–water partition coefficient (Wildman–Crippen LogP) is 6.11. The van der Waals surface area contributed by atoms with Gasteiger partial charge in [-0.25, -0.2) is 13.6 Å². The van der Waals surface area contributed by atoms with Crippen LogP contribution in [0.15, 0.2) is 70.5 Å². The van der Waals surface area contributed by atoms with Crippen LogP contribution < -0.4 is 15.2 Å². The number of fused-ring (bicyclic) bond motifs is 2. The van der Waals surface area contributed by atoms with Gasteiger partial charge in [0, 0.05) is 33.2 Å². The van der Waals surface area contributed by atoms with Gasteiger partial charge in [-0.1, -0.05) is 23.7 Å². The maximum absolute atomic E-state index is 14.8. The number of carbonyl (C=O) groups excluding carboxylic acids is 1. The number of hydrogen-bond acceptors (Lipinski definition) is 6. The van der Waals surface area contributed by atoms with E-state index >= 15 is 0 Å². The van der Waals surface area contributed by atoms with Crippen molar-refractivity contribution >= 4 is 28.5 Å². The molecular weight excluding hydrogens is 478 g/mol. The van der Waals surface area contributed by atoms with Gasteiger partial charge in [0.25, 0.3) is 0 Å². The zero-order chi connectivity index (χ0) is 24.9. The van der Waals surface area contributed by atoms with Gasteiger partial charge in [-0.15, -0.1) is 0 Å². The van der Waals surface area contributed by atoms with E-state index in [0.29, 0.717) is 22.1 Å². The first-order valence-electron chi connectivity index (χ1n) is 10.3. The van der Waals surface area contributed by atoms with Gasteiger partial charge in [0.1, 0.15) is 40.4 Å². The van der Waals surface area contributed by atoms with Crippen LogP contribution in [0.5, 0.6) is 11.5 Å². The lowest BCUT2D eigenvalue weighted by molar-refractivity contribution is 0.0702. The molecule has 0 amide bonds. The first-order chi connectivity index (χ1) is 16.8. The summed E-state index contributed by atoms with van der Waals surface area (Å²) in [5.74, 6) is -2.83. The molecule has 0 saturated carbocycles. The summed E-state index contributed by atoms with van der Waals surface area (Å²) in [5.41, 5.74) is 7.23. The van der Waals surface area contributed by atoms with E-state index in [1.165, 1.54) is 54.6 Å². The normalized spacial score (nSPS) is 14.9. The van der Waals surface area contributed by atoms with E-state index in [1.54, 1.807) is 6.92 Å². The standard InChI is InChI=1S/C26H15ClF2N2O4/c1-12-16-9-13(28)5-8-20(16)34-24(12)26(32)33-14-6-7-15-21(10-14)35-25(31)17(11-30)22(15)23-18(27)3-2-4-19(23)29/h2-10,22H,31H2,1H3. The number of halogens is 3. The van der Waals surface area contributed by atoms with Crippen LogP contribution in [-0.4, -0.2) is 5.97 Å². The van der Waals surface area contributed by atoms with E-state index in [1.807, 2.05) is 6.07 Å². The number of carbonyl (C=O) groups is 1. The van der Waals surface area contributed by atoms with Gasteiger partial charge in [-0.05, 0) is 43.3 Å². The molecular formula is C26H15ClF2N2O4. The Bertz CT molecular complexity index is 1580. The summed E-state index contributed by atoms with van der Waals surface area (Å²) >= 11 is 6.27. The van der Waals surface area contributed by atoms with Crippen LogP contribution in [0.2, 0.25) is 5.02 Å². The fraction of sp³-hybridized carbons (Fsp3) is 0.0769. The van der Waals surface area contributed by atoms with Crippen LogP contribution >= 0.6 is 11.6 Å². The Balaban J connectivity index is 1.52. The van der Waals surface area contributed by atoms with Gasteiger partial charge in [0.05, 0.1) is 5.92 Å². The molecule has 1 aromatic heterocycles. The number of rotatable bonds is 3. The molecule has 1 unspecified atom stereocenters. The van der Waals surface area contributed by atoms with Crippen molar-refractivity contribution in [1.29, 1.82) is 5.26 Å². The lowest BCUT2D eigenvalue weighted by atomic mass is 9.83. The molecule has 2 heterocycles. The molecule has 2 N–H and O–H groups in total. The smallest absolute Gasteiger partial charge is 0.379 e. The zero-order valence-electron chi connectivity index (χ0n) is 18.1. The lowest BCUT2D eigenvalue weighted by Crippen LogP contribution is -2.22. The largest absolute Gasteiger partial charge is 0.449 e. The van der Waals surface area contributed by atoms with E-state index in [4.69, 9.17) is 31.2 Å². The zero-order valence-corrected chi connectivity index (χ0v) is 18.8. The third-order valence-electron chi connectivity index (χ3n) is 5.77. The van der Waals surface area contributed by atoms with Crippen LogP contribution in [0, 0.1) is 29.9 Å². The summed E-state index contributed by atoms with van der Waals surface area (Å²) in [7, 11) is 0. The van der Waals surface area contributed by atoms with Crippen LogP contribution in [0.4, 0.5) is 8.78 Å². The van der Waals surface area contributed by atoms with Gasteiger partial charge >= 0.3 is 5.97 Å². The van der Waals surface area contributed by atoms with Crippen molar-refractivity contribution in [3.63, 3.8) is 0 Å². The molecule has 0 spiro atoms. The second-order valence-electron chi connectivity index (χ2n) is 7.85. The van der Waals surface area contributed by atoms with Gasteiger partial charge in [0.2, 0.25) is 11.6 Å². The Morgan fingerprint density at radius 2 is 1.97 bits per heavy atom. The number of allylic oxidation sites excluding steroid dienone is 1. The summed E-state index contributed by atoms with van der Waals surface area (Å²) in [5, 5.41) is 10.2. The third-order valence-corrected chi connectivity index (χ3v) is 6.10.